The quantitative estimate of drug-likeness (QED) is 0.292. The van der Waals surface area contributed by atoms with Gasteiger partial charge in [-0.3, -0.25) is 13.9 Å². The fourth-order valence-corrected chi connectivity index (χ4v) is 5.98. The molecule has 0 radical (unpaired) electrons. The fraction of sp³-hybridized carbons (Fsp3) is 0.333. The molecule has 0 saturated carbocycles. The predicted molar refractivity (Wildman–Crippen MR) is 156 cm³/mol. The van der Waals surface area contributed by atoms with Gasteiger partial charge in [0, 0.05) is 18.1 Å². The number of carbonyl (C=O) groups excluding carboxylic acids is 2. The van der Waals surface area contributed by atoms with Gasteiger partial charge < -0.3 is 10.2 Å². The van der Waals surface area contributed by atoms with Gasteiger partial charge in [0.05, 0.1) is 10.6 Å². The Morgan fingerprint density at radius 3 is 2.33 bits per heavy atom. The van der Waals surface area contributed by atoms with Gasteiger partial charge in [-0.25, -0.2) is 8.42 Å². The number of hydrogen-bond donors (Lipinski definition) is 1. The maximum absolute atomic E-state index is 14.0. The first-order valence-corrected chi connectivity index (χ1v) is 14.8. The number of anilines is 1. The molecule has 7 nitrogen and oxygen atoms in total. The molecule has 3 rings (SSSR count). The summed E-state index contributed by atoms with van der Waals surface area (Å²) in [7, 11) is -4.12. The molecular weight excluding hydrogens is 534 g/mol. The third-order valence-corrected chi connectivity index (χ3v) is 8.48. The molecule has 3 aromatic carbocycles. The number of halogens is 1. The normalized spacial score (nSPS) is 12.0. The van der Waals surface area contributed by atoms with E-state index in [0.717, 1.165) is 28.3 Å². The predicted octanol–water partition coefficient (Wildman–Crippen LogP) is 5.49. The first-order chi connectivity index (χ1) is 18.5. The van der Waals surface area contributed by atoms with Crippen LogP contribution in [0.25, 0.3) is 0 Å². The minimum atomic E-state index is -4.12. The van der Waals surface area contributed by atoms with Crippen molar-refractivity contribution in [2.45, 2.75) is 58.0 Å². The van der Waals surface area contributed by atoms with E-state index in [1.54, 1.807) is 50.2 Å². The lowest BCUT2D eigenvalue weighted by atomic mass is 10.1. The van der Waals surface area contributed by atoms with Crippen molar-refractivity contribution in [1.29, 1.82) is 0 Å². The van der Waals surface area contributed by atoms with Crippen molar-refractivity contribution in [3.8, 4) is 0 Å². The summed E-state index contributed by atoms with van der Waals surface area (Å²) in [5.74, 6) is -0.784. The molecule has 208 valence electrons. The highest BCUT2D eigenvalue weighted by atomic mass is 35.5. The Morgan fingerprint density at radius 1 is 0.974 bits per heavy atom. The highest BCUT2D eigenvalue weighted by molar-refractivity contribution is 7.92. The Morgan fingerprint density at radius 2 is 1.69 bits per heavy atom. The van der Waals surface area contributed by atoms with E-state index in [-0.39, 0.29) is 17.3 Å². The Balaban J connectivity index is 2.02. The Labute approximate surface area is 236 Å². The Kier molecular flexibility index (Phi) is 10.5. The summed E-state index contributed by atoms with van der Waals surface area (Å²) in [4.78, 5) is 28.5. The fourth-order valence-electron chi connectivity index (χ4n) is 4.26. The smallest absolute Gasteiger partial charge is 0.264 e. The van der Waals surface area contributed by atoms with E-state index in [9.17, 15) is 18.0 Å². The molecule has 0 aliphatic heterocycles. The summed E-state index contributed by atoms with van der Waals surface area (Å²) < 4.78 is 28.8. The lowest BCUT2D eigenvalue weighted by Gasteiger charge is -2.32. The molecule has 39 heavy (non-hydrogen) atoms. The third-order valence-electron chi connectivity index (χ3n) is 6.47. The van der Waals surface area contributed by atoms with Crippen molar-refractivity contribution >= 4 is 39.1 Å². The molecule has 2 amide bonds. The van der Waals surface area contributed by atoms with Gasteiger partial charge in [0.1, 0.15) is 12.6 Å². The SMILES string of the molecule is CCCCNC(=O)[C@@H](C)N(Cc1cccc(C)c1)C(=O)CN(c1ccc(Cl)cc1C)S(=O)(=O)c1ccccc1. The number of nitrogens with one attached hydrogen (secondary N) is 1. The zero-order chi connectivity index (χ0) is 28.6. The second kappa shape index (κ2) is 13.6. The second-order valence-electron chi connectivity index (χ2n) is 9.59. The van der Waals surface area contributed by atoms with Gasteiger partial charge in [0.15, 0.2) is 0 Å². The number of hydrogen-bond acceptors (Lipinski definition) is 4. The summed E-state index contributed by atoms with van der Waals surface area (Å²) in [6, 6.07) is 19.7. The van der Waals surface area contributed by atoms with Crippen LogP contribution in [0.15, 0.2) is 77.7 Å². The van der Waals surface area contributed by atoms with E-state index < -0.39 is 28.5 Å². The zero-order valence-electron chi connectivity index (χ0n) is 22.9. The number of nitrogens with zero attached hydrogens (tertiary/aromatic N) is 2. The minimum absolute atomic E-state index is 0.0581. The van der Waals surface area contributed by atoms with Gasteiger partial charge in [-0.2, -0.15) is 0 Å². The van der Waals surface area contributed by atoms with Crippen molar-refractivity contribution in [2.24, 2.45) is 0 Å². The van der Waals surface area contributed by atoms with E-state index >= 15 is 0 Å². The molecule has 0 unspecified atom stereocenters. The van der Waals surface area contributed by atoms with Crippen molar-refractivity contribution < 1.29 is 18.0 Å². The first-order valence-electron chi connectivity index (χ1n) is 13.0. The van der Waals surface area contributed by atoms with Crippen LogP contribution in [0.2, 0.25) is 5.02 Å². The van der Waals surface area contributed by atoms with Crippen LogP contribution in [0.3, 0.4) is 0 Å². The summed E-state index contributed by atoms with van der Waals surface area (Å²) in [5.41, 5.74) is 2.80. The number of aryl methyl sites for hydroxylation is 2. The van der Waals surface area contributed by atoms with Crippen LogP contribution in [0.4, 0.5) is 5.69 Å². The zero-order valence-corrected chi connectivity index (χ0v) is 24.4. The average Bonchev–Trinajstić information content (AvgIpc) is 2.91. The maximum Gasteiger partial charge on any atom is 0.264 e. The lowest BCUT2D eigenvalue weighted by Crippen LogP contribution is -2.51. The van der Waals surface area contributed by atoms with Crippen molar-refractivity contribution in [1.82, 2.24) is 10.2 Å². The highest BCUT2D eigenvalue weighted by Crippen LogP contribution is 2.29. The van der Waals surface area contributed by atoms with Crippen LogP contribution >= 0.6 is 11.6 Å². The summed E-state index contributed by atoms with van der Waals surface area (Å²) in [5, 5.41) is 3.35. The molecule has 0 bridgehead atoms. The van der Waals surface area contributed by atoms with Crippen LogP contribution in [0.5, 0.6) is 0 Å². The summed E-state index contributed by atoms with van der Waals surface area (Å²) >= 11 is 6.15. The molecular formula is C30H36ClN3O4S. The standard InChI is InChI=1S/C30H36ClN3O4S/c1-5-6-17-32-30(36)24(4)33(20-25-12-10-11-22(2)18-25)29(35)21-34(28-16-15-26(31)19-23(28)3)39(37,38)27-13-8-7-9-14-27/h7-16,18-19,24H,5-6,17,20-21H2,1-4H3,(H,32,36)/t24-/m1/s1. The largest absolute Gasteiger partial charge is 0.354 e. The first kappa shape index (κ1) is 30.2. The molecule has 1 N–H and O–H groups in total. The van der Waals surface area contributed by atoms with Gasteiger partial charge in [0.25, 0.3) is 10.0 Å². The second-order valence-corrected chi connectivity index (χ2v) is 11.9. The van der Waals surface area contributed by atoms with Crippen LogP contribution in [-0.4, -0.2) is 44.3 Å². The number of rotatable bonds is 12. The molecule has 0 spiro atoms. The van der Waals surface area contributed by atoms with Crippen molar-refractivity contribution in [3.05, 3.63) is 94.5 Å². The molecule has 0 saturated heterocycles. The highest BCUT2D eigenvalue weighted by Gasteiger charge is 2.33. The molecule has 0 aromatic heterocycles. The minimum Gasteiger partial charge on any atom is -0.354 e. The van der Waals surface area contributed by atoms with E-state index in [1.807, 2.05) is 38.1 Å². The summed E-state index contributed by atoms with van der Waals surface area (Å²) in [6.07, 6.45) is 1.75. The van der Waals surface area contributed by atoms with Crippen LogP contribution in [-0.2, 0) is 26.2 Å². The van der Waals surface area contributed by atoms with Gasteiger partial charge in [-0.1, -0.05) is 73.0 Å². The number of unbranched alkanes of at least 4 members (excludes halogenated alkanes) is 1. The van der Waals surface area contributed by atoms with Gasteiger partial charge in [-0.05, 0) is 68.7 Å². The molecule has 0 aliphatic rings. The molecule has 9 heteroatoms. The maximum atomic E-state index is 14.0. The molecule has 0 heterocycles. The molecule has 0 aliphatic carbocycles. The van der Waals surface area contributed by atoms with Crippen LogP contribution < -0.4 is 9.62 Å². The molecule has 0 fully saturated rings. The summed E-state index contributed by atoms with van der Waals surface area (Å²) in [6.45, 7) is 7.56. The molecule has 3 aromatic rings. The van der Waals surface area contributed by atoms with Gasteiger partial charge >= 0.3 is 0 Å². The topological polar surface area (TPSA) is 86.8 Å². The number of carbonyl (C=O) groups is 2. The van der Waals surface area contributed by atoms with E-state index in [0.29, 0.717) is 22.8 Å². The number of benzene rings is 3. The molecule has 1 atom stereocenters. The van der Waals surface area contributed by atoms with Gasteiger partial charge in [0.2, 0.25) is 11.8 Å². The monoisotopic (exact) mass is 569 g/mol. The van der Waals surface area contributed by atoms with Crippen molar-refractivity contribution in [2.75, 3.05) is 17.4 Å². The third kappa shape index (κ3) is 7.83. The number of amides is 2. The van der Waals surface area contributed by atoms with Gasteiger partial charge in [-0.15, -0.1) is 0 Å². The average molecular weight is 570 g/mol. The Bertz CT molecular complexity index is 1400. The van der Waals surface area contributed by atoms with Crippen molar-refractivity contribution in [3.63, 3.8) is 0 Å². The number of sulfonamides is 1. The Hall–Kier alpha value is -3.36. The van der Waals surface area contributed by atoms with Crippen LogP contribution in [0, 0.1) is 13.8 Å². The van der Waals surface area contributed by atoms with Crippen LogP contribution in [0.1, 0.15) is 43.4 Å². The van der Waals surface area contributed by atoms with E-state index in [2.05, 4.69) is 5.32 Å². The van der Waals surface area contributed by atoms with E-state index in [1.165, 1.54) is 17.0 Å². The van der Waals surface area contributed by atoms with E-state index in [4.69, 9.17) is 11.6 Å². The lowest BCUT2D eigenvalue weighted by molar-refractivity contribution is -0.139.